The van der Waals surface area contributed by atoms with Crippen LogP contribution in [0.4, 0.5) is 0 Å². The van der Waals surface area contributed by atoms with Gasteiger partial charge in [0.2, 0.25) is 5.76 Å². The molecule has 0 radical (unpaired) electrons. The molecule has 1 heterocycles. The predicted octanol–water partition coefficient (Wildman–Crippen LogP) is 2.84. The van der Waals surface area contributed by atoms with Gasteiger partial charge in [0.05, 0.1) is 13.7 Å². The van der Waals surface area contributed by atoms with Crippen molar-refractivity contribution < 1.29 is 19.1 Å². The molecule has 0 saturated carbocycles. The summed E-state index contributed by atoms with van der Waals surface area (Å²) in [7, 11) is 1.64. The highest BCUT2D eigenvalue weighted by molar-refractivity contribution is 5.84. The average Bonchev–Trinajstić information content (AvgIpc) is 2.94. The van der Waals surface area contributed by atoms with E-state index in [9.17, 15) is 4.79 Å². The Morgan fingerprint density at radius 1 is 1.35 bits per heavy atom. The van der Waals surface area contributed by atoms with Crippen molar-refractivity contribution in [1.29, 1.82) is 0 Å². The van der Waals surface area contributed by atoms with E-state index in [1.165, 1.54) is 6.07 Å². The van der Waals surface area contributed by atoms with Crippen LogP contribution in [0.2, 0.25) is 0 Å². The number of methoxy groups -OCH3 is 1. The quantitative estimate of drug-likeness (QED) is 0.848. The first kappa shape index (κ1) is 14.1. The second kappa shape index (κ2) is 6.25. The van der Waals surface area contributed by atoms with Gasteiger partial charge in [0.1, 0.15) is 11.5 Å². The van der Waals surface area contributed by atoms with Crippen LogP contribution in [0.5, 0.6) is 5.75 Å². The second-order valence-electron chi connectivity index (χ2n) is 4.42. The third kappa shape index (κ3) is 3.19. The van der Waals surface area contributed by atoms with Gasteiger partial charge in [-0.1, -0.05) is 18.2 Å². The van der Waals surface area contributed by atoms with Crippen LogP contribution in [0.15, 0.2) is 40.8 Å². The van der Waals surface area contributed by atoms with Gasteiger partial charge in [0, 0.05) is 11.6 Å². The largest absolute Gasteiger partial charge is 0.496 e. The molecule has 0 unspecified atom stereocenters. The van der Waals surface area contributed by atoms with Crippen LogP contribution in [0.1, 0.15) is 34.8 Å². The van der Waals surface area contributed by atoms with E-state index >= 15 is 0 Å². The van der Waals surface area contributed by atoms with E-state index in [1.54, 1.807) is 13.2 Å². The van der Waals surface area contributed by atoms with E-state index < -0.39 is 5.97 Å². The minimum Gasteiger partial charge on any atom is -0.496 e. The Morgan fingerprint density at radius 3 is 2.75 bits per heavy atom. The lowest BCUT2D eigenvalue weighted by Gasteiger charge is -2.16. The van der Waals surface area contributed by atoms with Crippen molar-refractivity contribution in [3.63, 3.8) is 0 Å². The Hall–Kier alpha value is -2.27. The molecule has 1 atom stereocenters. The van der Waals surface area contributed by atoms with Gasteiger partial charge >= 0.3 is 5.97 Å². The number of hydrogen-bond acceptors (Lipinski definition) is 4. The molecule has 1 aromatic carbocycles. The Morgan fingerprint density at radius 2 is 2.10 bits per heavy atom. The molecule has 0 aliphatic carbocycles. The van der Waals surface area contributed by atoms with Gasteiger partial charge in [-0.2, -0.15) is 0 Å². The van der Waals surface area contributed by atoms with Crippen LogP contribution < -0.4 is 10.1 Å². The van der Waals surface area contributed by atoms with Gasteiger partial charge < -0.3 is 19.6 Å². The first-order valence-electron chi connectivity index (χ1n) is 6.30. The number of aromatic carboxylic acids is 1. The third-order valence-electron chi connectivity index (χ3n) is 3.06. The number of para-hydroxylation sites is 1. The maximum absolute atomic E-state index is 10.7. The zero-order valence-corrected chi connectivity index (χ0v) is 11.4. The topological polar surface area (TPSA) is 71.7 Å². The maximum atomic E-state index is 10.7. The van der Waals surface area contributed by atoms with Crippen LogP contribution in [-0.4, -0.2) is 18.2 Å². The summed E-state index contributed by atoms with van der Waals surface area (Å²) in [6, 6.07) is 10.9. The number of carboxylic acid groups (broad SMARTS) is 1. The van der Waals surface area contributed by atoms with E-state index in [2.05, 4.69) is 5.32 Å². The number of benzene rings is 1. The summed E-state index contributed by atoms with van der Waals surface area (Å²) in [6.07, 6.45) is 0. The summed E-state index contributed by atoms with van der Waals surface area (Å²) in [5, 5.41) is 12.1. The monoisotopic (exact) mass is 275 g/mol. The van der Waals surface area contributed by atoms with E-state index in [0.29, 0.717) is 12.3 Å². The van der Waals surface area contributed by atoms with Crippen LogP contribution >= 0.6 is 0 Å². The van der Waals surface area contributed by atoms with Crippen molar-refractivity contribution >= 4 is 5.97 Å². The molecule has 0 aliphatic heterocycles. The van der Waals surface area contributed by atoms with Crippen molar-refractivity contribution in [2.45, 2.75) is 19.5 Å². The molecular formula is C15H17NO4. The molecule has 0 fully saturated rings. The van der Waals surface area contributed by atoms with Gasteiger partial charge in [-0.3, -0.25) is 0 Å². The Labute approximate surface area is 117 Å². The highest BCUT2D eigenvalue weighted by atomic mass is 16.5. The van der Waals surface area contributed by atoms with Gasteiger partial charge in [0.25, 0.3) is 0 Å². The molecular weight excluding hydrogens is 258 g/mol. The van der Waals surface area contributed by atoms with Crippen molar-refractivity contribution in [3.8, 4) is 5.75 Å². The summed E-state index contributed by atoms with van der Waals surface area (Å²) < 4.78 is 10.5. The lowest BCUT2D eigenvalue weighted by atomic mass is 10.1. The Bertz CT molecular complexity index is 591. The molecule has 2 N–H and O–H groups in total. The van der Waals surface area contributed by atoms with Crippen LogP contribution in [0.3, 0.4) is 0 Å². The highest BCUT2D eigenvalue weighted by Crippen LogP contribution is 2.24. The highest BCUT2D eigenvalue weighted by Gasteiger charge is 2.12. The van der Waals surface area contributed by atoms with Gasteiger partial charge in [-0.05, 0) is 25.1 Å². The molecule has 0 bridgehead atoms. The molecule has 2 aromatic rings. The molecule has 5 nitrogen and oxygen atoms in total. The number of carboxylic acids is 1. The number of furan rings is 1. The third-order valence-corrected chi connectivity index (χ3v) is 3.06. The molecule has 106 valence electrons. The molecule has 0 amide bonds. The SMILES string of the molecule is COc1ccccc1[C@H](C)NCc1ccc(C(=O)O)o1. The summed E-state index contributed by atoms with van der Waals surface area (Å²) in [5.41, 5.74) is 1.04. The summed E-state index contributed by atoms with van der Waals surface area (Å²) >= 11 is 0. The minimum absolute atomic E-state index is 0.0493. The molecule has 2 rings (SSSR count). The molecule has 0 aliphatic rings. The zero-order valence-electron chi connectivity index (χ0n) is 11.4. The van der Waals surface area contributed by atoms with Crippen molar-refractivity contribution in [2.75, 3.05) is 7.11 Å². The fraction of sp³-hybridized carbons (Fsp3) is 0.267. The predicted molar refractivity (Wildman–Crippen MR) is 73.9 cm³/mol. The van der Waals surface area contributed by atoms with Crippen molar-refractivity contribution in [1.82, 2.24) is 5.32 Å². The molecule has 20 heavy (non-hydrogen) atoms. The van der Waals surface area contributed by atoms with Crippen LogP contribution in [-0.2, 0) is 6.54 Å². The maximum Gasteiger partial charge on any atom is 0.371 e. The first-order chi connectivity index (χ1) is 9.61. The first-order valence-corrected chi connectivity index (χ1v) is 6.30. The lowest BCUT2D eigenvalue weighted by Crippen LogP contribution is -2.18. The van der Waals surface area contributed by atoms with E-state index in [0.717, 1.165) is 11.3 Å². The molecule has 5 heteroatoms. The van der Waals surface area contributed by atoms with Gasteiger partial charge in [-0.25, -0.2) is 4.79 Å². The fourth-order valence-corrected chi connectivity index (χ4v) is 1.98. The van der Waals surface area contributed by atoms with E-state index in [1.807, 2.05) is 31.2 Å². The van der Waals surface area contributed by atoms with Crippen LogP contribution in [0, 0.1) is 0 Å². The summed E-state index contributed by atoms with van der Waals surface area (Å²) in [5.74, 6) is 0.295. The smallest absolute Gasteiger partial charge is 0.371 e. The number of nitrogens with one attached hydrogen (secondary N) is 1. The number of hydrogen-bond donors (Lipinski definition) is 2. The van der Waals surface area contributed by atoms with E-state index in [-0.39, 0.29) is 11.8 Å². The zero-order chi connectivity index (χ0) is 14.5. The number of rotatable bonds is 6. The summed E-state index contributed by atoms with van der Waals surface area (Å²) in [4.78, 5) is 10.7. The molecule has 0 spiro atoms. The van der Waals surface area contributed by atoms with Crippen molar-refractivity contribution in [3.05, 3.63) is 53.5 Å². The molecule has 1 aromatic heterocycles. The number of carbonyl (C=O) groups is 1. The average molecular weight is 275 g/mol. The van der Waals surface area contributed by atoms with Gasteiger partial charge in [-0.15, -0.1) is 0 Å². The minimum atomic E-state index is -1.06. The van der Waals surface area contributed by atoms with E-state index in [4.69, 9.17) is 14.3 Å². The number of ether oxygens (including phenoxy) is 1. The Kier molecular flexibility index (Phi) is 4.42. The normalized spacial score (nSPS) is 12.1. The second-order valence-corrected chi connectivity index (χ2v) is 4.42. The van der Waals surface area contributed by atoms with Crippen molar-refractivity contribution in [2.24, 2.45) is 0 Å². The van der Waals surface area contributed by atoms with Gasteiger partial charge in [0.15, 0.2) is 0 Å². The van der Waals surface area contributed by atoms with Crippen LogP contribution in [0.25, 0.3) is 0 Å². The lowest BCUT2D eigenvalue weighted by molar-refractivity contribution is 0.0660. The Balaban J connectivity index is 2.00. The summed E-state index contributed by atoms with van der Waals surface area (Å²) in [6.45, 7) is 2.46. The fourth-order valence-electron chi connectivity index (χ4n) is 1.98. The standard InChI is InChI=1S/C15H17NO4/c1-10(12-5-3-4-6-13(12)19-2)16-9-11-7-8-14(20-11)15(17)18/h3-8,10,16H,9H2,1-2H3,(H,17,18)/t10-/m0/s1. The molecule has 0 saturated heterocycles.